The molecular formula is C21H21N3O2. The molecule has 2 N–H and O–H groups in total. The Balaban J connectivity index is 1.54. The summed E-state index contributed by atoms with van der Waals surface area (Å²) in [6, 6.07) is 13.5. The standard InChI is InChI=1S/C21H21N3O2/c1-21(2,3)20-24-17-11-14(8-9-18(17)26-20)23-19(25)10-13-12-22-16-7-5-4-6-15(13)16/h4-9,11-12,22H,10H2,1-3H3,(H,23,25). The Morgan fingerprint density at radius 3 is 2.81 bits per heavy atom. The second-order valence-electron chi connectivity index (χ2n) is 7.54. The third-order valence-corrected chi connectivity index (χ3v) is 4.34. The van der Waals surface area contributed by atoms with Gasteiger partial charge >= 0.3 is 0 Å². The van der Waals surface area contributed by atoms with Gasteiger partial charge in [-0.15, -0.1) is 0 Å². The number of H-pyrrole nitrogens is 1. The zero-order valence-corrected chi connectivity index (χ0v) is 15.1. The molecule has 26 heavy (non-hydrogen) atoms. The molecule has 0 aliphatic rings. The third-order valence-electron chi connectivity index (χ3n) is 4.34. The number of nitrogens with zero attached hydrogens (tertiary/aromatic N) is 1. The monoisotopic (exact) mass is 347 g/mol. The summed E-state index contributed by atoms with van der Waals surface area (Å²) in [5, 5.41) is 4.02. The molecule has 2 aromatic carbocycles. The van der Waals surface area contributed by atoms with E-state index < -0.39 is 0 Å². The molecule has 4 aromatic rings. The molecule has 2 heterocycles. The topological polar surface area (TPSA) is 70.9 Å². The predicted octanol–water partition coefficient (Wildman–Crippen LogP) is 4.79. The minimum atomic E-state index is -0.155. The fraction of sp³-hybridized carbons (Fsp3) is 0.238. The average molecular weight is 347 g/mol. The van der Waals surface area contributed by atoms with Crippen molar-refractivity contribution in [3.05, 3.63) is 60.1 Å². The lowest BCUT2D eigenvalue weighted by Crippen LogP contribution is -2.14. The number of benzene rings is 2. The van der Waals surface area contributed by atoms with Gasteiger partial charge in [0.15, 0.2) is 5.58 Å². The molecule has 0 aliphatic heterocycles. The van der Waals surface area contributed by atoms with Gasteiger partial charge in [-0.3, -0.25) is 4.79 Å². The van der Waals surface area contributed by atoms with E-state index in [1.807, 2.05) is 48.7 Å². The molecule has 4 rings (SSSR count). The van der Waals surface area contributed by atoms with E-state index in [0.29, 0.717) is 12.3 Å². The molecule has 0 unspecified atom stereocenters. The van der Waals surface area contributed by atoms with Crippen LogP contribution in [0, 0.1) is 0 Å². The molecule has 5 heteroatoms. The average Bonchev–Trinajstić information content (AvgIpc) is 3.19. The molecule has 1 amide bonds. The van der Waals surface area contributed by atoms with Gasteiger partial charge in [-0.05, 0) is 29.8 Å². The first-order valence-electron chi connectivity index (χ1n) is 8.66. The van der Waals surface area contributed by atoms with Crippen LogP contribution in [0.4, 0.5) is 5.69 Å². The van der Waals surface area contributed by atoms with Crippen molar-refractivity contribution >= 4 is 33.6 Å². The Morgan fingerprint density at radius 2 is 2.00 bits per heavy atom. The molecule has 0 saturated heterocycles. The van der Waals surface area contributed by atoms with E-state index in [4.69, 9.17) is 4.42 Å². The highest BCUT2D eigenvalue weighted by Gasteiger charge is 2.21. The zero-order valence-electron chi connectivity index (χ0n) is 15.1. The maximum Gasteiger partial charge on any atom is 0.228 e. The Kier molecular flexibility index (Phi) is 3.80. The van der Waals surface area contributed by atoms with Crippen molar-refractivity contribution in [3.63, 3.8) is 0 Å². The Bertz CT molecular complexity index is 1100. The van der Waals surface area contributed by atoms with E-state index in [-0.39, 0.29) is 11.3 Å². The summed E-state index contributed by atoms with van der Waals surface area (Å²) in [6.07, 6.45) is 2.20. The fourth-order valence-corrected chi connectivity index (χ4v) is 2.98. The van der Waals surface area contributed by atoms with Crippen molar-refractivity contribution in [2.45, 2.75) is 32.6 Å². The van der Waals surface area contributed by atoms with Gasteiger partial charge in [-0.2, -0.15) is 0 Å². The number of fused-ring (bicyclic) bond motifs is 2. The Morgan fingerprint density at radius 1 is 1.19 bits per heavy atom. The molecule has 0 fully saturated rings. The van der Waals surface area contributed by atoms with Crippen LogP contribution in [0.2, 0.25) is 0 Å². The maximum atomic E-state index is 12.5. The number of aromatic nitrogens is 2. The molecule has 5 nitrogen and oxygen atoms in total. The van der Waals surface area contributed by atoms with E-state index in [1.54, 1.807) is 0 Å². The van der Waals surface area contributed by atoms with Crippen LogP contribution in [0.15, 0.2) is 53.1 Å². The van der Waals surface area contributed by atoms with Crippen LogP contribution < -0.4 is 5.32 Å². The lowest BCUT2D eigenvalue weighted by Gasteiger charge is -2.11. The highest BCUT2D eigenvalue weighted by atomic mass is 16.3. The van der Waals surface area contributed by atoms with Gasteiger partial charge in [0.25, 0.3) is 0 Å². The summed E-state index contributed by atoms with van der Waals surface area (Å²) in [5.41, 5.74) is 4.06. The summed E-state index contributed by atoms with van der Waals surface area (Å²) in [5.74, 6) is 0.628. The number of para-hydroxylation sites is 1. The van der Waals surface area contributed by atoms with Gasteiger partial charge < -0.3 is 14.7 Å². The summed E-state index contributed by atoms with van der Waals surface area (Å²) in [4.78, 5) is 20.2. The van der Waals surface area contributed by atoms with Gasteiger partial charge in [0.1, 0.15) is 5.52 Å². The second-order valence-corrected chi connectivity index (χ2v) is 7.54. The summed E-state index contributed by atoms with van der Waals surface area (Å²) in [6.45, 7) is 6.17. The van der Waals surface area contributed by atoms with E-state index >= 15 is 0 Å². The number of aromatic amines is 1. The van der Waals surface area contributed by atoms with Gasteiger partial charge in [0.2, 0.25) is 11.8 Å². The first-order valence-corrected chi connectivity index (χ1v) is 8.66. The first-order chi connectivity index (χ1) is 12.4. The minimum absolute atomic E-state index is 0.0614. The van der Waals surface area contributed by atoms with Gasteiger partial charge in [0, 0.05) is 28.2 Å². The van der Waals surface area contributed by atoms with Crippen molar-refractivity contribution in [3.8, 4) is 0 Å². The van der Waals surface area contributed by atoms with Crippen LogP contribution in [0.25, 0.3) is 22.0 Å². The van der Waals surface area contributed by atoms with Crippen molar-refractivity contribution in [2.24, 2.45) is 0 Å². The number of anilines is 1. The van der Waals surface area contributed by atoms with E-state index in [9.17, 15) is 4.79 Å². The normalized spacial score (nSPS) is 12.0. The summed E-state index contributed by atoms with van der Waals surface area (Å²) in [7, 11) is 0. The lowest BCUT2D eigenvalue weighted by molar-refractivity contribution is -0.115. The number of hydrogen-bond acceptors (Lipinski definition) is 3. The summed E-state index contributed by atoms with van der Waals surface area (Å²) < 4.78 is 5.80. The number of carbonyl (C=O) groups excluding carboxylic acids is 1. The maximum absolute atomic E-state index is 12.5. The molecule has 2 aromatic heterocycles. The number of nitrogens with one attached hydrogen (secondary N) is 2. The SMILES string of the molecule is CC(C)(C)c1nc2cc(NC(=O)Cc3c[nH]c4ccccc34)ccc2o1. The van der Waals surface area contributed by atoms with Gasteiger partial charge in [-0.1, -0.05) is 39.0 Å². The first kappa shape index (κ1) is 16.4. The van der Waals surface area contributed by atoms with Crippen molar-refractivity contribution < 1.29 is 9.21 Å². The quantitative estimate of drug-likeness (QED) is 0.560. The largest absolute Gasteiger partial charge is 0.440 e. The molecule has 132 valence electrons. The van der Waals surface area contributed by atoms with E-state index in [2.05, 4.69) is 36.1 Å². The highest BCUT2D eigenvalue weighted by Crippen LogP contribution is 2.27. The van der Waals surface area contributed by atoms with Crippen molar-refractivity contribution in [2.75, 3.05) is 5.32 Å². The van der Waals surface area contributed by atoms with Crippen LogP contribution in [0.3, 0.4) is 0 Å². The number of rotatable bonds is 3. The molecular weight excluding hydrogens is 326 g/mol. The van der Waals surface area contributed by atoms with E-state index in [1.165, 1.54) is 0 Å². The fourth-order valence-electron chi connectivity index (χ4n) is 2.98. The molecule has 0 atom stereocenters. The number of hydrogen-bond donors (Lipinski definition) is 2. The number of carbonyl (C=O) groups is 1. The summed E-state index contributed by atoms with van der Waals surface area (Å²) >= 11 is 0. The smallest absolute Gasteiger partial charge is 0.228 e. The molecule has 0 spiro atoms. The minimum Gasteiger partial charge on any atom is -0.440 e. The number of amides is 1. The van der Waals surface area contributed by atoms with Crippen LogP contribution in [0.5, 0.6) is 0 Å². The van der Waals surface area contributed by atoms with Crippen LogP contribution >= 0.6 is 0 Å². The third kappa shape index (κ3) is 3.08. The molecule has 0 bridgehead atoms. The molecule has 0 radical (unpaired) electrons. The zero-order chi connectivity index (χ0) is 18.3. The number of oxazole rings is 1. The van der Waals surface area contributed by atoms with Crippen molar-refractivity contribution in [1.82, 2.24) is 9.97 Å². The highest BCUT2D eigenvalue weighted by molar-refractivity contribution is 5.96. The molecule has 0 saturated carbocycles. The van der Waals surface area contributed by atoms with Gasteiger partial charge in [-0.25, -0.2) is 4.98 Å². The predicted molar refractivity (Wildman–Crippen MR) is 103 cm³/mol. The van der Waals surface area contributed by atoms with Crippen molar-refractivity contribution in [1.29, 1.82) is 0 Å². The Hall–Kier alpha value is -3.08. The van der Waals surface area contributed by atoms with E-state index in [0.717, 1.165) is 33.3 Å². The second kappa shape index (κ2) is 6.02. The Labute approximate surface area is 151 Å². The van der Waals surface area contributed by atoms with Crippen LogP contribution in [-0.2, 0) is 16.6 Å². The van der Waals surface area contributed by atoms with Crippen LogP contribution in [-0.4, -0.2) is 15.9 Å². The molecule has 0 aliphatic carbocycles. The van der Waals surface area contributed by atoms with Gasteiger partial charge in [0.05, 0.1) is 6.42 Å². The lowest BCUT2D eigenvalue weighted by atomic mass is 9.97. The van der Waals surface area contributed by atoms with Crippen LogP contribution in [0.1, 0.15) is 32.2 Å².